The lowest BCUT2D eigenvalue weighted by Gasteiger charge is -2.18. The summed E-state index contributed by atoms with van der Waals surface area (Å²) in [6.45, 7) is 0. The monoisotopic (exact) mass is 400 g/mol. The van der Waals surface area contributed by atoms with Crippen LogP contribution in [-0.2, 0) is 0 Å². The zero-order valence-electron chi connectivity index (χ0n) is 11.4. The van der Waals surface area contributed by atoms with Crippen LogP contribution in [0.4, 0.5) is 10.5 Å². The first kappa shape index (κ1) is 14.6. The Hall–Kier alpha value is -1.31. The van der Waals surface area contributed by atoms with Gasteiger partial charge in [0.15, 0.2) is 0 Å². The molecule has 2 amide bonds. The molecule has 5 nitrogen and oxygen atoms in total. The smallest absolute Gasteiger partial charge is 0.337 e. The minimum absolute atomic E-state index is 0.117. The van der Waals surface area contributed by atoms with E-state index >= 15 is 0 Å². The molecule has 0 heterocycles. The summed E-state index contributed by atoms with van der Waals surface area (Å²) in [6, 6.07) is 4.91. The number of hydrogen-bond donors (Lipinski definition) is 3. The van der Waals surface area contributed by atoms with E-state index in [1.165, 1.54) is 25.7 Å². The number of aromatic carboxylic acids is 1. The van der Waals surface area contributed by atoms with Gasteiger partial charge in [0.2, 0.25) is 0 Å². The van der Waals surface area contributed by atoms with Gasteiger partial charge in [0.1, 0.15) is 0 Å². The van der Waals surface area contributed by atoms with Crippen molar-refractivity contribution < 1.29 is 14.7 Å². The maximum Gasteiger partial charge on any atom is 0.337 e. The van der Waals surface area contributed by atoms with Crippen molar-refractivity contribution in [2.24, 2.45) is 11.8 Å². The molecule has 21 heavy (non-hydrogen) atoms. The lowest BCUT2D eigenvalue weighted by molar-refractivity contribution is 0.0698. The second-order valence-corrected chi connectivity index (χ2v) is 7.04. The normalized spacial score (nSPS) is 17.6. The van der Waals surface area contributed by atoms with Crippen LogP contribution in [-0.4, -0.2) is 23.1 Å². The van der Waals surface area contributed by atoms with Gasteiger partial charge in [-0.15, -0.1) is 0 Å². The van der Waals surface area contributed by atoms with Crippen molar-refractivity contribution in [3.8, 4) is 0 Å². The molecular weight excluding hydrogens is 383 g/mol. The van der Waals surface area contributed by atoms with Crippen molar-refractivity contribution in [1.29, 1.82) is 0 Å². The highest BCUT2D eigenvalue weighted by Crippen LogP contribution is 2.44. The van der Waals surface area contributed by atoms with Gasteiger partial charge in [0.25, 0.3) is 0 Å². The molecule has 0 spiro atoms. The van der Waals surface area contributed by atoms with Crippen molar-refractivity contribution in [3.63, 3.8) is 0 Å². The summed E-state index contributed by atoms with van der Waals surface area (Å²) in [5, 5.41) is 14.9. The molecule has 112 valence electrons. The number of benzene rings is 1. The molecule has 0 aliphatic heterocycles. The maximum atomic E-state index is 12.1. The molecule has 2 aliphatic carbocycles. The van der Waals surface area contributed by atoms with E-state index in [1.54, 1.807) is 18.2 Å². The van der Waals surface area contributed by atoms with Gasteiger partial charge in [-0.05, 0) is 78.3 Å². The van der Waals surface area contributed by atoms with Crippen molar-refractivity contribution in [3.05, 3.63) is 27.3 Å². The Morgan fingerprint density at radius 3 is 2.33 bits per heavy atom. The standard InChI is InChI=1S/C15H17IN2O3/c16-10-5-6-12(11(7-10)14(19)20)17-15(21)18-13(8-1-2-8)9-3-4-9/h5-9,13H,1-4H2,(H,19,20)(H2,17,18,21). The zero-order valence-corrected chi connectivity index (χ0v) is 13.6. The fourth-order valence-electron chi connectivity index (χ4n) is 2.64. The zero-order chi connectivity index (χ0) is 15.0. The van der Waals surface area contributed by atoms with Gasteiger partial charge in [-0.1, -0.05) is 0 Å². The highest BCUT2D eigenvalue weighted by Gasteiger charge is 2.42. The molecule has 2 fully saturated rings. The van der Waals surface area contributed by atoms with Crippen molar-refractivity contribution in [2.75, 3.05) is 5.32 Å². The third kappa shape index (κ3) is 3.66. The van der Waals surface area contributed by atoms with E-state index in [-0.39, 0.29) is 17.6 Å². The molecule has 0 saturated heterocycles. The largest absolute Gasteiger partial charge is 0.478 e. The van der Waals surface area contributed by atoms with Crippen molar-refractivity contribution in [2.45, 2.75) is 31.7 Å². The van der Waals surface area contributed by atoms with Gasteiger partial charge in [-0.2, -0.15) is 0 Å². The summed E-state index contributed by atoms with van der Waals surface area (Å²) in [7, 11) is 0. The van der Waals surface area contributed by atoms with Gasteiger partial charge in [-0.25, -0.2) is 9.59 Å². The Labute approximate surface area is 136 Å². The summed E-state index contributed by atoms with van der Waals surface area (Å²) in [5.74, 6) is 0.183. The van der Waals surface area contributed by atoms with Gasteiger partial charge in [-0.3, -0.25) is 0 Å². The van der Waals surface area contributed by atoms with E-state index in [1.807, 2.05) is 0 Å². The molecule has 2 saturated carbocycles. The summed E-state index contributed by atoms with van der Waals surface area (Å²) in [5.41, 5.74) is 0.456. The number of carbonyl (C=O) groups excluding carboxylic acids is 1. The summed E-state index contributed by atoms with van der Waals surface area (Å²) in [6.07, 6.45) is 4.74. The summed E-state index contributed by atoms with van der Waals surface area (Å²) in [4.78, 5) is 23.4. The number of urea groups is 1. The second kappa shape index (κ2) is 5.82. The molecule has 0 radical (unpaired) electrons. The predicted octanol–water partition coefficient (Wildman–Crippen LogP) is 3.30. The van der Waals surface area contributed by atoms with Gasteiger partial charge in [0, 0.05) is 9.61 Å². The number of halogens is 1. The van der Waals surface area contributed by atoms with E-state index in [2.05, 4.69) is 33.2 Å². The predicted molar refractivity (Wildman–Crippen MR) is 87.5 cm³/mol. The number of carboxylic acid groups (broad SMARTS) is 1. The molecule has 0 atom stereocenters. The Morgan fingerprint density at radius 1 is 1.19 bits per heavy atom. The molecule has 6 heteroatoms. The SMILES string of the molecule is O=C(Nc1ccc(I)cc1C(=O)O)NC(C1CC1)C1CC1. The van der Waals surface area contributed by atoms with Crippen LogP contribution in [0.5, 0.6) is 0 Å². The first-order chi connectivity index (χ1) is 10.0. The molecule has 0 aromatic heterocycles. The van der Waals surface area contributed by atoms with Crippen LogP contribution in [0.25, 0.3) is 0 Å². The van der Waals surface area contributed by atoms with E-state index in [0.29, 0.717) is 17.5 Å². The van der Waals surface area contributed by atoms with Crippen LogP contribution in [0, 0.1) is 15.4 Å². The Bertz CT molecular complexity index is 570. The average Bonchev–Trinajstić information content (AvgIpc) is 3.30. The van der Waals surface area contributed by atoms with E-state index in [4.69, 9.17) is 0 Å². The van der Waals surface area contributed by atoms with Gasteiger partial charge in [0.05, 0.1) is 11.3 Å². The van der Waals surface area contributed by atoms with Gasteiger partial charge >= 0.3 is 12.0 Å². The Kier molecular flexibility index (Phi) is 4.05. The Balaban J connectivity index is 1.68. The average molecular weight is 400 g/mol. The lowest BCUT2D eigenvalue weighted by Crippen LogP contribution is -2.41. The minimum Gasteiger partial charge on any atom is -0.478 e. The summed E-state index contributed by atoms with van der Waals surface area (Å²) < 4.78 is 0.824. The number of rotatable bonds is 5. The third-order valence-electron chi connectivity index (χ3n) is 4.02. The molecule has 3 rings (SSSR count). The number of anilines is 1. The van der Waals surface area contributed by atoms with Crippen molar-refractivity contribution in [1.82, 2.24) is 5.32 Å². The molecule has 0 unspecified atom stereocenters. The molecule has 1 aromatic carbocycles. The Morgan fingerprint density at radius 2 is 1.81 bits per heavy atom. The first-order valence-corrected chi connectivity index (χ1v) is 8.23. The quantitative estimate of drug-likeness (QED) is 0.664. The number of hydrogen-bond acceptors (Lipinski definition) is 2. The maximum absolute atomic E-state index is 12.1. The molecular formula is C15H17IN2O3. The van der Waals surface area contributed by atoms with E-state index in [0.717, 1.165) is 3.57 Å². The first-order valence-electron chi connectivity index (χ1n) is 7.15. The van der Waals surface area contributed by atoms with Crippen LogP contribution < -0.4 is 10.6 Å². The van der Waals surface area contributed by atoms with Crippen LogP contribution in [0.2, 0.25) is 0 Å². The topological polar surface area (TPSA) is 78.4 Å². The number of carbonyl (C=O) groups is 2. The number of carboxylic acids is 1. The van der Waals surface area contributed by atoms with E-state index < -0.39 is 5.97 Å². The van der Waals surface area contributed by atoms with E-state index in [9.17, 15) is 14.7 Å². The summed E-state index contributed by atoms with van der Waals surface area (Å²) >= 11 is 2.05. The fourth-order valence-corrected chi connectivity index (χ4v) is 3.13. The van der Waals surface area contributed by atoms with Crippen LogP contribution in [0.15, 0.2) is 18.2 Å². The molecule has 0 bridgehead atoms. The van der Waals surface area contributed by atoms with Crippen LogP contribution in [0.1, 0.15) is 36.0 Å². The highest BCUT2D eigenvalue weighted by molar-refractivity contribution is 14.1. The molecule has 3 N–H and O–H groups in total. The van der Waals surface area contributed by atoms with Crippen LogP contribution in [0.3, 0.4) is 0 Å². The fraction of sp³-hybridized carbons (Fsp3) is 0.467. The van der Waals surface area contributed by atoms with Crippen LogP contribution >= 0.6 is 22.6 Å². The second-order valence-electron chi connectivity index (χ2n) is 5.79. The number of amides is 2. The minimum atomic E-state index is -1.04. The van der Waals surface area contributed by atoms with Crippen molar-refractivity contribution >= 4 is 40.3 Å². The molecule has 2 aliphatic rings. The highest BCUT2D eigenvalue weighted by atomic mass is 127. The van der Waals surface area contributed by atoms with Gasteiger partial charge < -0.3 is 15.7 Å². The number of nitrogens with one attached hydrogen (secondary N) is 2. The third-order valence-corrected chi connectivity index (χ3v) is 4.69. The molecule has 1 aromatic rings. The lowest BCUT2D eigenvalue weighted by atomic mass is 10.1.